The second-order valence-electron chi connectivity index (χ2n) is 9.96. The topological polar surface area (TPSA) is 71.1 Å². The highest BCUT2D eigenvalue weighted by Crippen LogP contribution is 2.26. The number of rotatable bonds is 13. The summed E-state index contributed by atoms with van der Waals surface area (Å²) in [6.07, 6.45) is 3.09. The van der Waals surface area contributed by atoms with Crippen LogP contribution >= 0.6 is 0 Å². The van der Waals surface area contributed by atoms with E-state index in [9.17, 15) is 9.59 Å². The molecule has 0 unspecified atom stereocenters. The first-order valence-corrected chi connectivity index (χ1v) is 13.8. The number of ether oxygens (including phenoxy) is 2. The van der Waals surface area contributed by atoms with Crippen molar-refractivity contribution in [1.82, 2.24) is 15.1 Å². The van der Waals surface area contributed by atoms with E-state index in [1.165, 1.54) is 0 Å². The second-order valence-corrected chi connectivity index (χ2v) is 9.96. The van der Waals surface area contributed by atoms with Gasteiger partial charge < -0.3 is 24.6 Å². The molecule has 0 saturated carbocycles. The molecule has 1 aliphatic heterocycles. The van der Waals surface area contributed by atoms with Crippen molar-refractivity contribution in [3.63, 3.8) is 0 Å². The largest absolute Gasteiger partial charge is 0.489 e. The highest BCUT2D eigenvalue weighted by atomic mass is 16.5. The van der Waals surface area contributed by atoms with Crippen molar-refractivity contribution in [3.8, 4) is 11.5 Å². The van der Waals surface area contributed by atoms with E-state index in [2.05, 4.69) is 17.3 Å². The summed E-state index contributed by atoms with van der Waals surface area (Å²) in [6, 6.07) is 25.2. The molecule has 1 N–H and O–H groups in total. The Morgan fingerprint density at radius 3 is 2.08 bits per heavy atom. The van der Waals surface area contributed by atoms with Gasteiger partial charge in [0.1, 0.15) is 24.7 Å². The van der Waals surface area contributed by atoms with E-state index in [0.717, 1.165) is 56.6 Å². The lowest BCUT2D eigenvalue weighted by atomic mass is 10.1. The molecule has 2 amide bonds. The number of benzene rings is 3. The van der Waals surface area contributed by atoms with Gasteiger partial charge in [0.15, 0.2) is 0 Å². The summed E-state index contributed by atoms with van der Waals surface area (Å²) in [5.41, 5.74) is 2.53. The fraction of sp³-hybridized carbons (Fsp3) is 0.375. The summed E-state index contributed by atoms with van der Waals surface area (Å²) in [4.78, 5) is 29.8. The molecule has 0 aliphatic carbocycles. The second kappa shape index (κ2) is 14.9. The summed E-state index contributed by atoms with van der Waals surface area (Å²) >= 11 is 0. The summed E-state index contributed by atoms with van der Waals surface area (Å²) in [7, 11) is 2.09. The Morgan fingerprint density at radius 2 is 1.41 bits per heavy atom. The number of carbonyl (C=O) groups is 2. The number of nitrogens with one attached hydrogen (secondary N) is 1. The number of unbranched alkanes of at least 4 members (excludes halogenated alkanes) is 2. The van der Waals surface area contributed by atoms with Gasteiger partial charge in [-0.15, -0.1) is 0 Å². The van der Waals surface area contributed by atoms with Gasteiger partial charge >= 0.3 is 0 Å². The van der Waals surface area contributed by atoms with E-state index >= 15 is 0 Å². The third-order valence-corrected chi connectivity index (χ3v) is 6.89. The quantitative estimate of drug-likeness (QED) is 0.319. The number of hydrogen-bond donors (Lipinski definition) is 1. The van der Waals surface area contributed by atoms with Gasteiger partial charge in [0, 0.05) is 39.1 Å². The number of piperazine rings is 1. The van der Waals surface area contributed by atoms with Gasteiger partial charge in [-0.2, -0.15) is 0 Å². The van der Waals surface area contributed by atoms with E-state index in [1.54, 1.807) is 12.1 Å². The van der Waals surface area contributed by atoms with Gasteiger partial charge in [-0.1, -0.05) is 67.1 Å². The van der Waals surface area contributed by atoms with Crippen LogP contribution in [0.25, 0.3) is 0 Å². The molecule has 7 nitrogen and oxygen atoms in total. The Morgan fingerprint density at radius 1 is 0.769 bits per heavy atom. The van der Waals surface area contributed by atoms with Crippen LogP contribution in [0.15, 0.2) is 78.9 Å². The zero-order valence-corrected chi connectivity index (χ0v) is 22.8. The highest BCUT2D eigenvalue weighted by molar-refractivity contribution is 5.97. The van der Waals surface area contributed by atoms with Crippen molar-refractivity contribution >= 4 is 11.8 Å². The van der Waals surface area contributed by atoms with Crippen LogP contribution in [0.5, 0.6) is 11.5 Å². The van der Waals surface area contributed by atoms with Crippen LogP contribution in [-0.4, -0.2) is 61.4 Å². The fourth-order valence-electron chi connectivity index (χ4n) is 4.47. The third-order valence-electron chi connectivity index (χ3n) is 6.89. The van der Waals surface area contributed by atoms with Gasteiger partial charge in [-0.3, -0.25) is 9.59 Å². The zero-order valence-electron chi connectivity index (χ0n) is 22.8. The van der Waals surface area contributed by atoms with Crippen molar-refractivity contribution in [2.24, 2.45) is 0 Å². The molecule has 1 aliphatic rings. The van der Waals surface area contributed by atoms with Gasteiger partial charge in [0.05, 0.1) is 5.56 Å². The monoisotopic (exact) mass is 529 g/mol. The van der Waals surface area contributed by atoms with Crippen LogP contribution < -0.4 is 14.8 Å². The third kappa shape index (κ3) is 9.14. The fourth-order valence-corrected chi connectivity index (χ4v) is 4.47. The van der Waals surface area contributed by atoms with Crippen molar-refractivity contribution in [2.45, 2.75) is 38.9 Å². The number of nitrogens with zero attached hydrogens (tertiary/aromatic N) is 2. The molecule has 1 heterocycles. The van der Waals surface area contributed by atoms with E-state index in [4.69, 9.17) is 9.47 Å². The molecule has 0 atom stereocenters. The molecule has 1 saturated heterocycles. The molecule has 3 aromatic rings. The minimum Gasteiger partial charge on any atom is -0.489 e. The first-order chi connectivity index (χ1) is 19.1. The molecule has 7 heteroatoms. The minimum atomic E-state index is -0.197. The number of amides is 2. The molecule has 4 rings (SSSR count). The van der Waals surface area contributed by atoms with Gasteiger partial charge in [-0.05, 0) is 49.2 Å². The average Bonchev–Trinajstić information content (AvgIpc) is 2.98. The molecular formula is C32H39N3O4. The van der Waals surface area contributed by atoms with Gasteiger partial charge in [-0.25, -0.2) is 0 Å². The molecule has 0 spiro atoms. The lowest BCUT2D eigenvalue weighted by Crippen LogP contribution is -2.47. The zero-order chi connectivity index (χ0) is 27.3. The molecule has 0 radical (unpaired) electrons. The molecule has 3 aromatic carbocycles. The van der Waals surface area contributed by atoms with E-state index in [0.29, 0.717) is 43.2 Å². The molecule has 1 fully saturated rings. The van der Waals surface area contributed by atoms with Crippen LogP contribution in [-0.2, 0) is 18.0 Å². The van der Waals surface area contributed by atoms with E-state index < -0.39 is 0 Å². The van der Waals surface area contributed by atoms with Gasteiger partial charge in [0.25, 0.3) is 5.91 Å². The molecule has 206 valence electrons. The summed E-state index contributed by atoms with van der Waals surface area (Å²) in [5, 5.41) is 3.02. The Bertz CT molecular complexity index is 1180. The number of carbonyl (C=O) groups excluding carboxylic acids is 2. The van der Waals surface area contributed by atoms with Crippen LogP contribution in [0.2, 0.25) is 0 Å². The standard InChI is InChI=1S/C32H39N3O4/c1-34-19-21-35(22-20-34)31(36)15-9-4-10-18-33-32(37)29-23-28(38-24-26-11-5-2-6-12-26)16-17-30(29)39-25-27-13-7-3-8-14-27/h2-3,5-8,11-14,16-17,23H,4,9-10,15,18-22,24-25H2,1H3,(H,33,37). The Hall–Kier alpha value is -3.84. The van der Waals surface area contributed by atoms with Crippen molar-refractivity contribution in [3.05, 3.63) is 95.6 Å². The predicted octanol–water partition coefficient (Wildman–Crippen LogP) is 4.91. The summed E-state index contributed by atoms with van der Waals surface area (Å²) in [5.74, 6) is 1.16. The lowest BCUT2D eigenvalue weighted by molar-refractivity contribution is -0.132. The molecule has 39 heavy (non-hydrogen) atoms. The Kier molecular flexibility index (Phi) is 10.8. The van der Waals surface area contributed by atoms with Crippen LogP contribution in [0, 0.1) is 0 Å². The van der Waals surface area contributed by atoms with Crippen LogP contribution in [0.1, 0.15) is 47.2 Å². The molecule has 0 bridgehead atoms. The predicted molar refractivity (Wildman–Crippen MR) is 153 cm³/mol. The maximum absolute atomic E-state index is 13.2. The average molecular weight is 530 g/mol. The first kappa shape index (κ1) is 28.2. The Labute approximate surface area is 231 Å². The SMILES string of the molecule is CN1CCN(C(=O)CCCCCNC(=O)c2cc(OCc3ccccc3)ccc2OCc2ccccc2)CC1. The van der Waals surface area contributed by atoms with Crippen LogP contribution in [0.4, 0.5) is 0 Å². The summed E-state index contributed by atoms with van der Waals surface area (Å²) < 4.78 is 12.0. The first-order valence-electron chi connectivity index (χ1n) is 13.8. The molecule has 0 aromatic heterocycles. The highest BCUT2D eigenvalue weighted by Gasteiger charge is 2.18. The molecular weight excluding hydrogens is 490 g/mol. The minimum absolute atomic E-state index is 0.197. The lowest BCUT2D eigenvalue weighted by Gasteiger charge is -2.32. The smallest absolute Gasteiger partial charge is 0.255 e. The number of likely N-dealkylation sites (N-methyl/N-ethyl adjacent to an activating group) is 1. The summed E-state index contributed by atoms with van der Waals surface area (Å²) in [6.45, 7) is 4.82. The van der Waals surface area contributed by atoms with Crippen molar-refractivity contribution < 1.29 is 19.1 Å². The van der Waals surface area contributed by atoms with E-state index in [1.807, 2.05) is 71.6 Å². The normalized spacial score (nSPS) is 13.6. The van der Waals surface area contributed by atoms with Crippen molar-refractivity contribution in [1.29, 1.82) is 0 Å². The van der Waals surface area contributed by atoms with Gasteiger partial charge in [0.2, 0.25) is 5.91 Å². The van der Waals surface area contributed by atoms with E-state index in [-0.39, 0.29) is 11.8 Å². The number of hydrogen-bond acceptors (Lipinski definition) is 5. The maximum Gasteiger partial charge on any atom is 0.255 e. The Balaban J connectivity index is 1.28. The van der Waals surface area contributed by atoms with Crippen molar-refractivity contribution in [2.75, 3.05) is 39.8 Å². The van der Waals surface area contributed by atoms with Crippen LogP contribution in [0.3, 0.4) is 0 Å². The maximum atomic E-state index is 13.2.